The van der Waals surface area contributed by atoms with Crippen molar-refractivity contribution in [3.63, 3.8) is 0 Å². The Morgan fingerprint density at radius 1 is 0.846 bits per heavy atom. The van der Waals surface area contributed by atoms with Crippen LogP contribution in [-0.2, 0) is 0 Å². The van der Waals surface area contributed by atoms with Crippen LogP contribution >= 0.6 is 7.92 Å². The molecule has 3 aromatic carbocycles. The van der Waals surface area contributed by atoms with Crippen molar-refractivity contribution in [3.8, 4) is 5.75 Å². The van der Waals surface area contributed by atoms with Crippen LogP contribution in [0.2, 0.25) is 0 Å². The molecule has 1 N–H and O–H groups in total. The van der Waals surface area contributed by atoms with Gasteiger partial charge in [-0.2, -0.15) is 0 Å². The second-order valence-corrected chi connectivity index (χ2v) is 8.55. The zero-order valence-corrected chi connectivity index (χ0v) is 16.3. The monoisotopic (exact) mass is 363 g/mol. The summed E-state index contributed by atoms with van der Waals surface area (Å²) in [6, 6.07) is 30.2. The molecule has 3 aromatic rings. The average Bonchev–Trinajstić information content (AvgIpc) is 2.72. The van der Waals surface area contributed by atoms with E-state index in [2.05, 4.69) is 91.1 Å². The van der Waals surface area contributed by atoms with Gasteiger partial charge in [-0.25, -0.2) is 0 Å². The Hall–Kier alpha value is -2.15. The van der Waals surface area contributed by atoms with Gasteiger partial charge in [-0.3, -0.25) is 0 Å². The van der Waals surface area contributed by atoms with Gasteiger partial charge in [0.1, 0.15) is 5.75 Å². The first-order valence-corrected chi connectivity index (χ1v) is 10.6. The summed E-state index contributed by atoms with van der Waals surface area (Å²) in [5.41, 5.74) is 1.33. The van der Waals surface area contributed by atoms with Crippen LogP contribution in [-0.4, -0.2) is 19.8 Å². The summed E-state index contributed by atoms with van der Waals surface area (Å²) in [5, 5.41) is 6.38. The lowest BCUT2D eigenvalue weighted by molar-refractivity contribution is 0.418. The maximum absolute atomic E-state index is 5.64. The molecule has 2 atom stereocenters. The van der Waals surface area contributed by atoms with Crippen molar-refractivity contribution in [1.82, 2.24) is 5.32 Å². The molecule has 0 amide bonds. The Kier molecular flexibility index (Phi) is 6.82. The topological polar surface area (TPSA) is 21.3 Å². The average molecular weight is 363 g/mol. The number of hydrogen-bond donors (Lipinski definition) is 1. The maximum Gasteiger partial charge on any atom is 0.126 e. The Bertz CT molecular complexity index is 792. The van der Waals surface area contributed by atoms with Crippen molar-refractivity contribution < 1.29 is 4.74 Å². The van der Waals surface area contributed by atoms with Crippen molar-refractivity contribution in [2.75, 3.05) is 19.8 Å². The molecule has 0 aliphatic rings. The van der Waals surface area contributed by atoms with Crippen molar-refractivity contribution in [1.29, 1.82) is 0 Å². The van der Waals surface area contributed by atoms with Crippen LogP contribution in [0.25, 0.3) is 0 Å². The van der Waals surface area contributed by atoms with E-state index in [4.69, 9.17) is 4.74 Å². The highest BCUT2D eigenvalue weighted by Crippen LogP contribution is 2.36. The van der Waals surface area contributed by atoms with Gasteiger partial charge < -0.3 is 10.1 Å². The minimum atomic E-state index is -0.465. The van der Waals surface area contributed by atoms with Crippen LogP contribution in [0.4, 0.5) is 0 Å². The number of nitrogens with one attached hydrogen (secondary N) is 1. The Labute approximate surface area is 158 Å². The van der Waals surface area contributed by atoms with Gasteiger partial charge in [0.15, 0.2) is 0 Å². The van der Waals surface area contributed by atoms with Crippen LogP contribution in [0.3, 0.4) is 0 Å². The molecule has 0 aromatic heterocycles. The first-order chi connectivity index (χ1) is 12.8. The SMILES string of the molecule is COc1ccccc1P(CCN[C@@H](C)c1ccccc1)c1ccccc1. The molecule has 26 heavy (non-hydrogen) atoms. The second-order valence-electron chi connectivity index (χ2n) is 6.25. The molecule has 0 radical (unpaired) electrons. The lowest BCUT2D eigenvalue weighted by Crippen LogP contribution is -2.25. The normalized spacial score (nSPS) is 13.2. The lowest BCUT2D eigenvalue weighted by atomic mass is 10.1. The van der Waals surface area contributed by atoms with E-state index in [1.165, 1.54) is 16.2 Å². The van der Waals surface area contributed by atoms with E-state index < -0.39 is 7.92 Å². The Morgan fingerprint density at radius 3 is 2.15 bits per heavy atom. The number of ether oxygens (including phenoxy) is 1. The summed E-state index contributed by atoms with van der Waals surface area (Å²) >= 11 is 0. The van der Waals surface area contributed by atoms with E-state index in [-0.39, 0.29) is 0 Å². The van der Waals surface area contributed by atoms with Crippen LogP contribution in [0, 0.1) is 0 Å². The molecule has 0 heterocycles. The molecular formula is C23H26NOP. The molecule has 1 unspecified atom stereocenters. The molecule has 0 aliphatic heterocycles. The predicted octanol–water partition coefficient (Wildman–Crippen LogP) is 4.48. The van der Waals surface area contributed by atoms with Gasteiger partial charge in [0, 0.05) is 17.9 Å². The molecule has 3 rings (SSSR count). The molecule has 0 fully saturated rings. The molecule has 0 saturated heterocycles. The first-order valence-electron chi connectivity index (χ1n) is 9.03. The molecule has 0 aliphatic carbocycles. The molecule has 2 nitrogen and oxygen atoms in total. The fourth-order valence-electron chi connectivity index (χ4n) is 3.10. The van der Waals surface area contributed by atoms with E-state index in [1.54, 1.807) is 7.11 Å². The number of para-hydroxylation sites is 1. The Morgan fingerprint density at radius 2 is 1.46 bits per heavy atom. The maximum atomic E-state index is 5.64. The summed E-state index contributed by atoms with van der Waals surface area (Å²) in [4.78, 5) is 0. The smallest absolute Gasteiger partial charge is 0.126 e. The van der Waals surface area contributed by atoms with Gasteiger partial charge in [0.05, 0.1) is 7.11 Å². The van der Waals surface area contributed by atoms with E-state index in [9.17, 15) is 0 Å². The second kappa shape index (κ2) is 9.52. The minimum absolute atomic E-state index is 0.349. The molecule has 134 valence electrons. The zero-order chi connectivity index (χ0) is 18.2. The summed E-state index contributed by atoms with van der Waals surface area (Å²) in [5.74, 6) is 0.985. The van der Waals surface area contributed by atoms with E-state index in [1.807, 2.05) is 6.07 Å². The van der Waals surface area contributed by atoms with Crippen LogP contribution in [0.15, 0.2) is 84.9 Å². The third kappa shape index (κ3) is 4.72. The van der Waals surface area contributed by atoms with E-state index >= 15 is 0 Å². The van der Waals surface area contributed by atoms with Gasteiger partial charge in [-0.05, 0) is 37.9 Å². The third-order valence-corrected chi connectivity index (χ3v) is 7.07. The summed E-state index contributed by atoms with van der Waals surface area (Å²) < 4.78 is 5.64. The molecule has 3 heteroatoms. The van der Waals surface area contributed by atoms with Crippen LogP contribution in [0.1, 0.15) is 18.5 Å². The predicted molar refractivity (Wildman–Crippen MR) is 113 cm³/mol. The fourth-order valence-corrected chi connectivity index (χ4v) is 5.46. The molecule has 0 saturated carbocycles. The number of benzene rings is 3. The van der Waals surface area contributed by atoms with Gasteiger partial charge in [-0.15, -0.1) is 0 Å². The van der Waals surface area contributed by atoms with Gasteiger partial charge in [0.25, 0.3) is 0 Å². The minimum Gasteiger partial charge on any atom is -0.496 e. The van der Waals surface area contributed by atoms with Crippen molar-refractivity contribution in [3.05, 3.63) is 90.5 Å². The van der Waals surface area contributed by atoms with Crippen molar-refractivity contribution in [2.45, 2.75) is 13.0 Å². The standard InChI is InChI=1S/C23H26NOP/c1-19(20-11-5-3-6-12-20)24-17-18-26(21-13-7-4-8-14-21)23-16-10-9-15-22(23)25-2/h3-16,19,24H,17-18H2,1-2H3/t19-,26?/m0/s1. The van der Waals surface area contributed by atoms with Gasteiger partial charge in [-0.1, -0.05) is 78.9 Å². The number of methoxy groups -OCH3 is 1. The first kappa shape index (κ1) is 18.6. The lowest BCUT2D eigenvalue weighted by Gasteiger charge is -2.22. The highest BCUT2D eigenvalue weighted by Gasteiger charge is 2.17. The van der Waals surface area contributed by atoms with Gasteiger partial charge in [0.2, 0.25) is 0 Å². The van der Waals surface area contributed by atoms with Gasteiger partial charge >= 0.3 is 0 Å². The highest BCUT2D eigenvalue weighted by molar-refractivity contribution is 7.73. The molecule has 0 spiro atoms. The number of hydrogen-bond acceptors (Lipinski definition) is 2. The number of rotatable bonds is 8. The fraction of sp³-hybridized carbons (Fsp3) is 0.217. The van der Waals surface area contributed by atoms with Crippen molar-refractivity contribution in [2.24, 2.45) is 0 Å². The van der Waals surface area contributed by atoms with E-state index in [0.717, 1.165) is 18.5 Å². The van der Waals surface area contributed by atoms with Crippen molar-refractivity contribution >= 4 is 18.5 Å². The quantitative estimate of drug-likeness (QED) is 0.596. The molecule has 0 bridgehead atoms. The Balaban J connectivity index is 1.75. The summed E-state index contributed by atoms with van der Waals surface area (Å²) in [7, 11) is 1.29. The highest BCUT2D eigenvalue weighted by atomic mass is 31.1. The third-order valence-electron chi connectivity index (χ3n) is 4.53. The zero-order valence-electron chi connectivity index (χ0n) is 15.4. The summed E-state index contributed by atoms with van der Waals surface area (Å²) in [6.45, 7) is 3.19. The van der Waals surface area contributed by atoms with Crippen LogP contribution < -0.4 is 20.7 Å². The largest absolute Gasteiger partial charge is 0.496 e. The van der Waals surface area contributed by atoms with Crippen LogP contribution in [0.5, 0.6) is 5.75 Å². The van der Waals surface area contributed by atoms with E-state index in [0.29, 0.717) is 6.04 Å². The summed E-state index contributed by atoms with van der Waals surface area (Å²) in [6.07, 6.45) is 1.08. The molecular weight excluding hydrogens is 337 g/mol.